The molecule has 0 unspecified atom stereocenters. The number of aromatic nitrogens is 3. The van der Waals surface area contributed by atoms with Gasteiger partial charge in [0.2, 0.25) is 5.89 Å². The van der Waals surface area contributed by atoms with E-state index in [1.807, 2.05) is 43.3 Å². The molecule has 0 saturated heterocycles. The smallest absolute Gasteiger partial charge is 0.274 e. The number of pyridine rings is 1. The first-order valence-electron chi connectivity index (χ1n) is 9.04. The average molecular weight is 376 g/mol. The van der Waals surface area contributed by atoms with E-state index in [1.54, 1.807) is 23.0 Å². The molecule has 5 rings (SSSR count). The van der Waals surface area contributed by atoms with Gasteiger partial charge in [0.15, 0.2) is 0 Å². The second-order valence-corrected chi connectivity index (χ2v) is 6.98. The molecule has 1 amide bonds. The van der Waals surface area contributed by atoms with E-state index in [4.69, 9.17) is 4.42 Å². The third kappa shape index (κ3) is 2.85. The highest BCUT2D eigenvalue weighted by atomic mass is 19.1. The standard InChI is InChI=1S/C21H17FN4O2/c1-12-5-6-13(21-24-11-18(28-21)14-9-15(14)22)8-16(12)25-20(27)17-10-23-19-4-2-3-7-26(17)19/h2-8,10-11,14-15H,9H2,1H3,(H,25,27)/t14-,15-/m0/s1. The van der Waals surface area contributed by atoms with E-state index in [2.05, 4.69) is 15.3 Å². The summed E-state index contributed by atoms with van der Waals surface area (Å²) in [5.41, 5.74) is 3.44. The molecule has 0 bridgehead atoms. The molecule has 4 aromatic rings. The van der Waals surface area contributed by atoms with Crippen molar-refractivity contribution in [3.8, 4) is 11.5 Å². The van der Waals surface area contributed by atoms with E-state index in [0.29, 0.717) is 35.1 Å². The number of nitrogens with zero attached hydrogens (tertiary/aromatic N) is 3. The summed E-state index contributed by atoms with van der Waals surface area (Å²) in [6, 6.07) is 11.1. The fourth-order valence-electron chi connectivity index (χ4n) is 3.23. The van der Waals surface area contributed by atoms with Gasteiger partial charge in [-0.2, -0.15) is 0 Å². The maximum absolute atomic E-state index is 13.2. The second-order valence-electron chi connectivity index (χ2n) is 6.98. The van der Waals surface area contributed by atoms with Gasteiger partial charge in [0.25, 0.3) is 5.91 Å². The topological polar surface area (TPSA) is 72.4 Å². The predicted molar refractivity (Wildman–Crippen MR) is 102 cm³/mol. The summed E-state index contributed by atoms with van der Waals surface area (Å²) in [6.07, 6.45) is 4.58. The summed E-state index contributed by atoms with van der Waals surface area (Å²) < 4.78 is 20.7. The fraction of sp³-hybridized carbons (Fsp3) is 0.190. The highest BCUT2D eigenvalue weighted by molar-refractivity contribution is 6.04. The summed E-state index contributed by atoms with van der Waals surface area (Å²) >= 11 is 0. The number of nitrogens with one attached hydrogen (secondary N) is 1. The van der Waals surface area contributed by atoms with E-state index in [-0.39, 0.29) is 11.8 Å². The molecule has 140 valence electrons. The Morgan fingerprint density at radius 2 is 2.11 bits per heavy atom. The molecule has 1 fully saturated rings. The lowest BCUT2D eigenvalue weighted by Crippen LogP contribution is -2.15. The third-order valence-corrected chi connectivity index (χ3v) is 4.98. The van der Waals surface area contributed by atoms with Crippen LogP contribution in [0.25, 0.3) is 17.1 Å². The normalized spacial score (nSPS) is 18.4. The number of rotatable bonds is 4. The minimum atomic E-state index is -0.834. The van der Waals surface area contributed by atoms with E-state index in [0.717, 1.165) is 11.1 Å². The summed E-state index contributed by atoms with van der Waals surface area (Å²) in [5.74, 6) is 0.546. The van der Waals surface area contributed by atoms with Crippen LogP contribution in [-0.2, 0) is 0 Å². The van der Waals surface area contributed by atoms with Gasteiger partial charge in [0.1, 0.15) is 23.3 Å². The zero-order valence-electron chi connectivity index (χ0n) is 15.1. The van der Waals surface area contributed by atoms with Crippen LogP contribution in [-0.4, -0.2) is 26.4 Å². The highest BCUT2D eigenvalue weighted by Gasteiger charge is 2.41. The second kappa shape index (κ2) is 6.30. The van der Waals surface area contributed by atoms with Crippen molar-refractivity contribution in [1.82, 2.24) is 14.4 Å². The van der Waals surface area contributed by atoms with Crippen molar-refractivity contribution in [3.05, 3.63) is 72.0 Å². The fourth-order valence-corrected chi connectivity index (χ4v) is 3.23. The molecule has 6 nitrogen and oxygen atoms in total. The number of hydrogen-bond donors (Lipinski definition) is 1. The Hall–Kier alpha value is -3.48. The largest absolute Gasteiger partial charge is 0.441 e. The first-order chi connectivity index (χ1) is 13.6. The van der Waals surface area contributed by atoms with Crippen LogP contribution >= 0.6 is 0 Å². The lowest BCUT2D eigenvalue weighted by molar-refractivity contribution is 0.102. The van der Waals surface area contributed by atoms with Crippen LogP contribution in [0.15, 0.2) is 59.4 Å². The monoisotopic (exact) mass is 376 g/mol. The van der Waals surface area contributed by atoms with Gasteiger partial charge in [-0.25, -0.2) is 14.4 Å². The summed E-state index contributed by atoms with van der Waals surface area (Å²) in [4.78, 5) is 21.3. The van der Waals surface area contributed by atoms with Crippen LogP contribution in [0.1, 0.15) is 34.2 Å². The molecule has 1 N–H and O–H groups in total. The lowest BCUT2D eigenvalue weighted by Gasteiger charge is -2.09. The van der Waals surface area contributed by atoms with E-state index in [1.165, 1.54) is 0 Å². The van der Waals surface area contributed by atoms with Crippen molar-refractivity contribution in [2.24, 2.45) is 0 Å². The number of fused-ring (bicyclic) bond motifs is 1. The Bertz CT molecular complexity index is 1200. The maximum atomic E-state index is 13.2. The number of halogens is 1. The van der Waals surface area contributed by atoms with Gasteiger partial charge < -0.3 is 9.73 Å². The number of benzene rings is 1. The van der Waals surface area contributed by atoms with Crippen LogP contribution in [0.5, 0.6) is 0 Å². The van der Waals surface area contributed by atoms with Crippen molar-refractivity contribution < 1.29 is 13.6 Å². The van der Waals surface area contributed by atoms with Gasteiger partial charge in [-0.15, -0.1) is 0 Å². The Morgan fingerprint density at radius 1 is 1.25 bits per heavy atom. The number of carbonyl (C=O) groups is 1. The Kier molecular flexibility index (Phi) is 3.75. The molecule has 3 aromatic heterocycles. The number of carbonyl (C=O) groups excluding carboxylic acids is 1. The number of alkyl halides is 1. The number of oxazole rings is 1. The molecule has 1 saturated carbocycles. The Labute approximate surface area is 160 Å². The van der Waals surface area contributed by atoms with Gasteiger partial charge in [-0.05, 0) is 43.2 Å². The molecule has 1 aliphatic rings. The molecule has 0 spiro atoms. The number of hydrogen-bond acceptors (Lipinski definition) is 4. The minimum Gasteiger partial charge on any atom is -0.441 e. The predicted octanol–water partition coefficient (Wildman–Crippen LogP) is 4.38. The van der Waals surface area contributed by atoms with Gasteiger partial charge in [0.05, 0.1) is 18.3 Å². The molecule has 3 heterocycles. The molecule has 1 aromatic carbocycles. The Morgan fingerprint density at radius 3 is 2.93 bits per heavy atom. The zero-order chi connectivity index (χ0) is 19.3. The number of imidazole rings is 1. The van der Waals surface area contributed by atoms with Gasteiger partial charge in [0, 0.05) is 17.4 Å². The van der Waals surface area contributed by atoms with Crippen molar-refractivity contribution in [3.63, 3.8) is 0 Å². The molecule has 7 heteroatoms. The maximum Gasteiger partial charge on any atom is 0.274 e. The molecule has 1 aliphatic carbocycles. The van der Waals surface area contributed by atoms with Crippen molar-refractivity contribution >= 4 is 17.2 Å². The van der Waals surface area contributed by atoms with Gasteiger partial charge >= 0.3 is 0 Å². The van der Waals surface area contributed by atoms with Crippen molar-refractivity contribution in [1.29, 1.82) is 0 Å². The van der Waals surface area contributed by atoms with Crippen LogP contribution in [0.2, 0.25) is 0 Å². The average Bonchev–Trinajstić information content (AvgIpc) is 3.12. The van der Waals surface area contributed by atoms with Crippen LogP contribution in [0.4, 0.5) is 10.1 Å². The summed E-state index contributed by atoms with van der Waals surface area (Å²) in [5, 5.41) is 2.93. The molecule has 0 radical (unpaired) electrons. The highest BCUT2D eigenvalue weighted by Crippen LogP contribution is 2.44. The molecule has 2 atom stereocenters. The van der Waals surface area contributed by atoms with E-state index < -0.39 is 6.17 Å². The zero-order valence-corrected chi connectivity index (χ0v) is 15.1. The molecular formula is C21H17FN4O2. The molecular weight excluding hydrogens is 359 g/mol. The minimum absolute atomic E-state index is 0.180. The lowest BCUT2D eigenvalue weighted by atomic mass is 10.1. The molecule has 28 heavy (non-hydrogen) atoms. The van der Waals surface area contributed by atoms with Gasteiger partial charge in [-0.1, -0.05) is 12.1 Å². The van der Waals surface area contributed by atoms with Crippen LogP contribution in [0, 0.1) is 6.92 Å². The number of amides is 1. The number of aryl methyl sites for hydroxylation is 1. The summed E-state index contributed by atoms with van der Waals surface area (Å²) in [6.45, 7) is 1.91. The van der Waals surface area contributed by atoms with Crippen molar-refractivity contribution in [2.45, 2.75) is 25.4 Å². The first-order valence-corrected chi connectivity index (χ1v) is 9.04. The quantitative estimate of drug-likeness (QED) is 0.574. The molecule has 0 aliphatic heterocycles. The summed E-state index contributed by atoms with van der Waals surface area (Å²) in [7, 11) is 0. The van der Waals surface area contributed by atoms with Crippen LogP contribution in [0.3, 0.4) is 0 Å². The first kappa shape index (κ1) is 16.7. The van der Waals surface area contributed by atoms with E-state index >= 15 is 0 Å². The van der Waals surface area contributed by atoms with Crippen molar-refractivity contribution in [2.75, 3.05) is 5.32 Å². The van der Waals surface area contributed by atoms with Gasteiger partial charge in [-0.3, -0.25) is 9.20 Å². The van der Waals surface area contributed by atoms with Crippen LogP contribution < -0.4 is 5.32 Å². The van der Waals surface area contributed by atoms with E-state index in [9.17, 15) is 9.18 Å². The SMILES string of the molecule is Cc1ccc(-c2ncc([C@H]3C[C@@H]3F)o2)cc1NC(=O)c1cnc2ccccn12. The number of anilines is 1. The Balaban J connectivity index is 1.43. The third-order valence-electron chi connectivity index (χ3n) is 4.98.